The van der Waals surface area contributed by atoms with E-state index in [1.54, 1.807) is 0 Å². The standard InChI is InChI=1S/C7H7N5O.3ClH/c8-6-1-2-12(13)7(11-6)5-3-9-4-10-5;;;/h1-4H,(H2,8,11)(H,9,10);3*1H. The lowest BCUT2D eigenvalue weighted by molar-refractivity contribution is -0.596. The van der Waals surface area contributed by atoms with Gasteiger partial charge in [0.25, 0.3) is 0 Å². The molecule has 90 valence electrons. The summed E-state index contributed by atoms with van der Waals surface area (Å²) in [4.78, 5) is 10.4. The molecule has 0 spiro atoms. The predicted octanol–water partition coefficient (Wildman–Crippen LogP) is 0.953. The highest BCUT2D eigenvalue weighted by Gasteiger charge is 2.12. The molecular weight excluding hydrogens is 276 g/mol. The molecule has 0 saturated heterocycles. The Kier molecular flexibility index (Phi) is 7.62. The molecule has 0 radical (unpaired) electrons. The van der Waals surface area contributed by atoms with E-state index in [1.165, 1.54) is 24.8 Å². The Hall–Kier alpha value is -1.24. The van der Waals surface area contributed by atoms with Crippen LogP contribution in [0.2, 0.25) is 0 Å². The first-order valence-corrected chi connectivity index (χ1v) is 3.62. The molecule has 0 atom stereocenters. The van der Waals surface area contributed by atoms with Crippen LogP contribution in [-0.4, -0.2) is 15.0 Å². The second kappa shape index (κ2) is 7.10. The van der Waals surface area contributed by atoms with Crippen LogP contribution in [-0.2, 0) is 0 Å². The number of nitrogens with zero attached hydrogens (tertiary/aromatic N) is 3. The molecule has 0 aliphatic heterocycles. The van der Waals surface area contributed by atoms with Crippen LogP contribution in [0.1, 0.15) is 0 Å². The first kappa shape index (κ1) is 17.2. The lowest BCUT2D eigenvalue weighted by atomic mass is 10.4. The van der Waals surface area contributed by atoms with Crippen LogP contribution < -0.4 is 10.5 Å². The molecule has 2 heterocycles. The molecule has 3 N–H and O–H groups in total. The number of nitrogen functional groups attached to an aromatic ring is 1. The van der Waals surface area contributed by atoms with E-state index in [2.05, 4.69) is 15.0 Å². The maximum Gasteiger partial charge on any atom is 0.353 e. The third-order valence-corrected chi connectivity index (χ3v) is 1.56. The van der Waals surface area contributed by atoms with Gasteiger partial charge < -0.3 is 15.9 Å². The normalized spacial score (nSPS) is 8.25. The number of imidazole rings is 1. The molecule has 2 aromatic rings. The highest BCUT2D eigenvalue weighted by atomic mass is 35.5. The van der Waals surface area contributed by atoms with Gasteiger partial charge in [0.15, 0.2) is 5.69 Å². The molecule has 0 bridgehead atoms. The minimum atomic E-state index is 0. The number of nitrogens with one attached hydrogen (secondary N) is 1. The van der Waals surface area contributed by atoms with Gasteiger partial charge in [-0.25, -0.2) is 9.71 Å². The fourth-order valence-corrected chi connectivity index (χ4v) is 0.981. The molecule has 0 fully saturated rings. The topological polar surface area (TPSA) is 94.5 Å². The molecule has 6 nitrogen and oxygen atoms in total. The Morgan fingerprint density at radius 2 is 2.00 bits per heavy atom. The summed E-state index contributed by atoms with van der Waals surface area (Å²) in [6.07, 6.45) is 4.29. The van der Waals surface area contributed by atoms with Crippen molar-refractivity contribution in [2.45, 2.75) is 0 Å². The van der Waals surface area contributed by atoms with Crippen molar-refractivity contribution in [2.24, 2.45) is 0 Å². The Balaban J connectivity index is 0. The van der Waals surface area contributed by atoms with Gasteiger partial charge in [-0.05, 0) is 4.98 Å². The van der Waals surface area contributed by atoms with Crippen molar-refractivity contribution in [2.75, 3.05) is 5.73 Å². The number of halogens is 3. The van der Waals surface area contributed by atoms with Crippen molar-refractivity contribution in [1.82, 2.24) is 15.0 Å². The van der Waals surface area contributed by atoms with Crippen molar-refractivity contribution in [3.8, 4) is 11.5 Å². The Labute approximate surface area is 110 Å². The zero-order valence-electron chi connectivity index (χ0n) is 7.86. The summed E-state index contributed by atoms with van der Waals surface area (Å²) in [6.45, 7) is 0. The van der Waals surface area contributed by atoms with Crippen LogP contribution >= 0.6 is 37.2 Å². The number of hydrogen-bond acceptors (Lipinski definition) is 4. The van der Waals surface area contributed by atoms with E-state index in [0.717, 1.165) is 0 Å². The molecule has 16 heavy (non-hydrogen) atoms. The summed E-state index contributed by atoms with van der Waals surface area (Å²) in [5.41, 5.74) is 5.98. The lowest BCUT2D eigenvalue weighted by Gasteiger charge is -2.02. The number of nitrogens with two attached hydrogens (primary N) is 1. The average molecular weight is 287 g/mol. The van der Waals surface area contributed by atoms with Gasteiger partial charge in [-0.1, -0.05) is 0 Å². The fraction of sp³-hybridized carbons (Fsp3) is 0. The lowest BCUT2D eigenvalue weighted by Crippen LogP contribution is -2.30. The van der Waals surface area contributed by atoms with Gasteiger partial charge in [0, 0.05) is 6.07 Å². The van der Waals surface area contributed by atoms with Crippen LogP contribution in [0.5, 0.6) is 0 Å². The quantitative estimate of drug-likeness (QED) is 0.603. The van der Waals surface area contributed by atoms with Gasteiger partial charge in [-0.3, -0.25) is 0 Å². The third kappa shape index (κ3) is 3.41. The molecule has 0 aromatic carbocycles. The van der Waals surface area contributed by atoms with E-state index in [-0.39, 0.29) is 43.0 Å². The summed E-state index contributed by atoms with van der Waals surface area (Å²) in [6, 6.07) is 1.44. The first-order valence-electron chi connectivity index (χ1n) is 3.62. The van der Waals surface area contributed by atoms with Crippen molar-refractivity contribution in [1.29, 1.82) is 0 Å². The summed E-state index contributed by atoms with van der Waals surface area (Å²) >= 11 is 0. The van der Waals surface area contributed by atoms with Crippen LogP contribution in [0.15, 0.2) is 24.8 Å². The number of aromatic nitrogens is 4. The summed E-state index contributed by atoms with van der Waals surface area (Å²) in [7, 11) is 0. The molecule has 0 amide bonds. The molecule has 9 heteroatoms. The van der Waals surface area contributed by atoms with Gasteiger partial charge in [0.1, 0.15) is 0 Å². The molecule has 2 rings (SSSR count). The monoisotopic (exact) mass is 285 g/mol. The minimum Gasteiger partial charge on any atom is -0.710 e. The second-order valence-corrected chi connectivity index (χ2v) is 2.47. The van der Waals surface area contributed by atoms with Crippen LogP contribution in [0.4, 0.5) is 5.82 Å². The second-order valence-electron chi connectivity index (χ2n) is 2.47. The van der Waals surface area contributed by atoms with Crippen molar-refractivity contribution < 1.29 is 4.73 Å². The van der Waals surface area contributed by atoms with E-state index < -0.39 is 0 Å². The number of rotatable bonds is 1. The Morgan fingerprint density at radius 1 is 1.31 bits per heavy atom. The summed E-state index contributed by atoms with van der Waals surface area (Å²) < 4.78 is 0.629. The van der Waals surface area contributed by atoms with Crippen LogP contribution in [0.3, 0.4) is 0 Å². The fourth-order valence-electron chi connectivity index (χ4n) is 0.981. The molecule has 0 unspecified atom stereocenters. The smallest absolute Gasteiger partial charge is 0.353 e. The highest BCUT2D eigenvalue weighted by Crippen LogP contribution is 2.08. The predicted molar refractivity (Wildman–Crippen MR) is 66.9 cm³/mol. The van der Waals surface area contributed by atoms with Gasteiger partial charge >= 0.3 is 5.82 Å². The summed E-state index contributed by atoms with van der Waals surface area (Å²) in [5.74, 6) is 0.522. The molecular formula is C7H10Cl3N5O. The van der Waals surface area contributed by atoms with E-state index in [0.29, 0.717) is 16.2 Å². The number of hydrogen-bond donors (Lipinski definition) is 2. The zero-order valence-corrected chi connectivity index (χ0v) is 10.3. The van der Waals surface area contributed by atoms with E-state index in [1.807, 2.05) is 0 Å². The molecule has 2 aromatic heterocycles. The Bertz CT molecular complexity index is 422. The minimum absolute atomic E-state index is 0. The van der Waals surface area contributed by atoms with Gasteiger partial charge in [-0.15, -0.1) is 37.2 Å². The SMILES string of the molecule is Cl.Cl.Cl.Nc1cc[n+]([O-])c(-c2cnc[nH]2)n1. The van der Waals surface area contributed by atoms with Crippen molar-refractivity contribution in [3.63, 3.8) is 0 Å². The van der Waals surface area contributed by atoms with E-state index in [4.69, 9.17) is 5.73 Å². The number of anilines is 1. The number of aromatic amines is 1. The Morgan fingerprint density at radius 3 is 2.56 bits per heavy atom. The molecule has 0 aliphatic carbocycles. The zero-order chi connectivity index (χ0) is 9.26. The number of H-pyrrole nitrogens is 1. The first-order chi connectivity index (χ1) is 6.27. The third-order valence-electron chi connectivity index (χ3n) is 1.56. The molecule has 0 aliphatic rings. The maximum absolute atomic E-state index is 11.2. The largest absolute Gasteiger partial charge is 0.710 e. The highest BCUT2D eigenvalue weighted by molar-refractivity contribution is 5.86. The van der Waals surface area contributed by atoms with Gasteiger partial charge in [0.2, 0.25) is 5.82 Å². The van der Waals surface area contributed by atoms with Crippen LogP contribution in [0, 0.1) is 5.21 Å². The van der Waals surface area contributed by atoms with E-state index >= 15 is 0 Å². The van der Waals surface area contributed by atoms with Gasteiger partial charge in [0.05, 0.1) is 18.7 Å². The molecule has 0 saturated carbocycles. The van der Waals surface area contributed by atoms with Crippen LogP contribution in [0.25, 0.3) is 11.5 Å². The van der Waals surface area contributed by atoms with Gasteiger partial charge in [-0.2, -0.15) is 0 Å². The summed E-state index contributed by atoms with van der Waals surface area (Å²) in [5, 5.41) is 11.2. The maximum atomic E-state index is 11.2. The van der Waals surface area contributed by atoms with Crippen molar-refractivity contribution in [3.05, 3.63) is 30.0 Å². The average Bonchev–Trinajstić information content (AvgIpc) is 2.61. The van der Waals surface area contributed by atoms with Crippen molar-refractivity contribution >= 4 is 43.0 Å². The van der Waals surface area contributed by atoms with E-state index in [9.17, 15) is 5.21 Å².